The Bertz CT molecular complexity index is 254. The largest absolute Gasteiger partial charge is 0.366 e. The van der Waals surface area contributed by atoms with Gasteiger partial charge in [-0.3, -0.25) is 9.69 Å². The Balaban J connectivity index is 1.78. The molecule has 0 bridgehead atoms. The Kier molecular flexibility index (Phi) is 4.76. The summed E-state index contributed by atoms with van der Waals surface area (Å²) in [5.41, 5.74) is 0. The van der Waals surface area contributed by atoms with Gasteiger partial charge >= 0.3 is 0 Å². The van der Waals surface area contributed by atoms with Gasteiger partial charge < -0.3 is 15.4 Å². The van der Waals surface area contributed by atoms with Crippen molar-refractivity contribution >= 4 is 5.91 Å². The van der Waals surface area contributed by atoms with Crippen LogP contribution >= 0.6 is 0 Å². The number of hydrogen-bond donors (Lipinski definition) is 2. The zero-order chi connectivity index (χ0) is 12.1. The van der Waals surface area contributed by atoms with E-state index in [1.54, 1.807) is 0 Å². The molecule has 2 saturated heterocycles. The van der Waals surface area contributed by atoms with Gasteiger partial charge in [-0.25, -0.2) is 0 Å². The van der Waals surface area contributed by atoms with Crippen molar-refractivity contribution in [3.8, 4) is 0 Å². The average Bonchev–Trinajstić information content (AvgIpc) is 2.40. The third-order valence-corrected chi connectivity index (χ3v) is 3.53. The molecule has 2 aliphatic heterocycles. The van der Waals surface area contributed by atoms with Crippen molar-refractivity contribution in [1.29, 1.82) is 0 Å². The zero-order valence-corrected chi connectivity index (χ0v) is 10.6. The van der Waals surface area contributed by atoms with Crippen molar-refractivity contribution < 1.29 is 9.53 Å². The molecule has 0 radical (unpaired) electrons. The highest BCUT2D eigenvalue weighted by atomic mass is 16.5. The standard InChI is InChI=1S/C12H23N3O2/c1-2-15-6-7-17-11(9-15)12(16)14-10-4-3-5-13-8-10/h10-11,13H,2-9H2,1H3,(H,14,16)/t10-,11?/m0/s1. The maximum atomic E-state index is 12.0. The van der Waals surface area contributed by atoms with Crippen LogP contribution in [0.3, 0.4) is 0 Å². The van der Waals surface area contributed by atoms with Crippen molar-refractivity contribution in [3.63, 3.8) is 0 Å². The van der Waals surface area contributed by atoms with E-state index in [0.29, 0.717) is 6.61 Å². The molecule has 0 aromatic heterocycles. The van der Waals surface area contributed by atoms with Crippen LogP contribution in [0.15, 0.2) is 0 Å². The van der Waals surface area contributed by atoms with Crippen LogP contribution in [0.1, 0.15) is 19.8 Å². The number of piperidine rings is 1. The smallest absolute Gasteiger partial charge is 0.250 e. The number of rotatable bonds is 3. The van der Waals surface area contributed by atoms with Crippen LogP contribution in [0, 0.1) is 0 Å². The number of morpholine rings is 1. The first-order valence-electron chi connectivity index (χ1n) is 6.64. The second-order valence-corrected chi connectivity index (χ2v) is 4.80. The summed E-state index contributed by atoms with van der Waals surface area (Å²) in [7, 11) is 0. The van der Waals surface area contributed by atoms with E-state index < -0.39 is 0 Å². The van der Waals surface area contributed by atoms with Gasteiger partial charge in [0.2, 0.25) is 0 Å². The number of carbonyl (C=O) groups excluding carboxylic acids is 1. The first kappa shape index (κ1) is 12.8. The van der Waals surface area contributed by atoms with Crippen LogP contribution in [0.2, 0.25) is 0 Å². The van der Waals surface area contributed by atoms with Crippen LogP contribution < -0.4 is 10.6 Å². The zero-order valence-electron chi connectivity index (χ0n) is 10.6. The van der Waals surface area contributed by atoms with E-state index in [-0.39, 0.29) is 18.1 Å². The number of nitrogens with zero attached hydrogens (tertiary/aromatic N) is 1. The van der Waals surface area contributed by atoms with Gasteiger partial charge in [-0.05, 0) is 25.9 Å². The Morgan fingerprint density at radius 2 is 2.47 bits per heavy atom. The predicted molar refractivity (Wildman–Crippen MR) is 65.9 cm³/mol. The molecule has 5 nitrogen and oxygen atoms in total. The monoisotopic (exact) mass is 241 g/mol. The summed E-state index contributed by atoms with van der Waals surface area (Å²) in [4.78, 5) is 14.3. The molecular weight excluding hydrogens is 218 g/mol. The molecule has 1 unspecified atom stereocenters. The summed E-state index contributed by atoms with van der Waals surface area (Å²) in [6, 6.07) is 0.275. The molecule has 0 aliphatic carbocycles. The van der Waals surface area contributed by atoms with Gasteiger partial charge in [0.05, 0.1) is 6.61 Å². The average molecular weight is 241 g/mol. The van der Waals surface area contributed by atoms with Gasteiger partial charge in [0.15, 0.2) is 0 Å². The van der Waals surface area contributed by atoms with Gasteiger partial charge in [0.1, 0.15) is 6.10 Å². The number of likely N-dealkylation sites (N-methyl/N-ethyl adjacent to an activating group) is 1. The summed E-state index contributed by atoms with van der Waals surface area (Å²) < 4.78 is 5.54. The van der Waals surface area contributed by atoms with Gasteiger partial charge in [-0.2, -0.15) is 0 Å². The van der Waals surface area contributed by atoms with Crippen LogP contribution in [-0.2, 0) is 9.53 Å². The quantitative estimate of drug-likeness (QED) is 0.704. The number of carbonyl (C=O) groups is 1. The molecule has 0 aromatic rings. The molecule has 5 heteroatoms. The van der Waals surface area contributed by atoms with Crippen LogP contribution in [-0.4, -0.2) is 62.3 Å². The van der Waals surface area contributed by atoms with Gasteiger partial charge in [-0.15, -0.1) is 0 Å². The van der Waals surface area contributed by atoms with Crippen molar-refractivity contribution in [2.24, 2.45) is 0 Å². The van der Waals surface area contributed by atoms with E-state index in [1.807, 2.05) is 0 Å². The van der Waals surface area contributed by atoms with Crippen molar-refractivity contribution in [3.05, 3.63) is 0 Å². The van der Waals surface area contributed by atoms with Crippen LogP contribution in [0.4, 0.5) is 0 Å². The van der Waals surface area contributed by atoms with Gasteiger partial charge in [0, 0.05) is 25.7 Å². The van der Waals surface area contributed by atoms with Crippen LogP contribution in [0.5, 0.6) is 0 Å². The number of hydrogen-bond acceptors (Lipinski definition) is 4. The fraction of sp³-hybridized carbons (Fsp3) is 0.917. The van der Waals surface area contributed by atoms with Gasteiger partial charge in [-0.1, -0.05) is 6.92 Å². The molecule has 0 saturated carbocycles. The summed E-state index contributed by atoms with van der Waals surface area (Å²) >= 11 is 0. The summed E-state index contributed by atoms with van der Waals surface area (Å²) in [6.45, 7) is 7.37. The molecule has 98 valence electrons. The van der Waals surface area contributed by atoms with Crippen molar-refractivity contribution in [2.75, 3.05) is 39.3 Å². The second kappa shape index (κ2) is 6.33. The Labute approximate surface area is 103 Å². The van der Waals surface area contributed by atoms with E-state index in [1.165, 1.54) is 0 Å². The molecular formula is C12H23N3O2. The number of ether oxygens (including phenoxy) is 1. The molecule has 2 atom stereocenters. The van der Waals surface area contributed by atoms with Crippen LogP contribution in [0.25, 0.3) is 0 Å². The molecule has 17 heavy (non-hydrogen) atoms. The Hall–Kier alpha value is -0.650. The highest BCUT2D eigenvalue weighted by Gasteiger charge is 2.27. The highest BCUT2D eigenvalue weighted by molar-refractivity contribution is 5.81. The minimum Gasteiger partial charge on any atom is -0.366 e. The van der Waals surface area contributed by atoms with E-state index in [9.17, 15) is 4.79 Å². The number of amides is 1. The third kappa shape index (κ3) is 3.66. The molecule has 2 N–H and O–H groups in total. The first-order chi connectivity index (χ1) is 8.29. The molecule has 2 rings (SSSR count). The minimum absolute atomic E-state index is 0.0526. The lowest BCUT2D eigenvalue weighted by molar-refractivity contribution is -0.139. The molecule has 0 aromatic carbocycles. The SMILES string of the molecule is CCN1CCOC(C(=O)N[C@H]2CCCNC2)C1. The molecule has 0 spiro atoms. The third-order valence-electron chi connectivity index (χ3n) is 3.53. The molecule has 1 amide bonds. The van der Waals surface area contributed by atoms with E-state index in [4.69, 9.17) is 4.74 Å². The molecule has 2 heterocycles. The van der Waals surface area contributed by atoms with Crippen molar-refractivity contribution in [2.45, 2.75) is 31.9 Å². The normalized spacial score (nSPS) is 31.1. The summed E-state index contributed by atoms with van der Waals surface area (Å²) in [5, 5.41) is 6.38. The van der Waals surface area contributed by atoms with E-state index >= 15 is 0 Å². The topological polar surface area (TPSA) is 53.6 Å². The Morgan fingerprint density at radius 3 is 3.18 bits per heavy atom. The lowest BCUT2D eigenvalue weighted by atomic mass is 10.1. The fourth-order valence-electron chi connectivity index (χ4n) is 2.42. The first-order valence-corrected chi connectivity index (χ1v) is 6.64. The van der Waals surface area contributed by atoms with E-state index in [2.05, 4.69) is 22.5 Å². The summed E-state index contributed by atoms with van der Waals surface area (Å²) in [5.74, 6) is 0.0526. The minimum atomic E-state index is -0.286. The van der Waals surface area contributed by atoms with Crippen molar-refractivity contribution in [1.82, 2.24) is 15.5 Å². The second-order valence-electron chi connectivity index (χ2n) is 4.80. The maximum absolute atomic E-state index is 12.0. The van der Waals surface area contributed by atoms with E-state index in [0.717, 1.165) is 45.6 Å². The predicted octanol–water partition coefficient (Wildman–Crippen LogP) is -0.425. The molecule has 2 fully saturated rings. The Morgan fingerprint density at radius 1 is 1.59 bits per heavy atom. The lowest BCUT2D eigenvalue weighted by Gasteiger charge is -2.32. The lowest BCUT2D eigenvalue weighted by Crippen LogP contribution is -2.54. The van der Waals surface area contributed by atoms with Gasteiger partial charge in [0.25, 0.3) is 5.91 Å². The maximum Gasteiger partial charge on any atom is 0.250 e. The summed E-state index contributed by atoms with van der Waals surface area (Å²) in [6.07, 6.45) is 1.92. The molecule has 2 aliphatic rings. The highest BCUT2D eigenvalue weighted by Crippen LogP contribution is 2.07. The fourth-order valence-corrected chi connectivity index (χ4v) is 2.42. The number of nitrogens with one attached hydrogen (secondary N) is 2.